The molecule has 1 aromatic carbocycles. The van der Waals surface area contributed by atoms with Crippen LogP contribution in [-0.4, -0.2) is 25.9 Å². The van der Waals surface area contributed by atoms with E-state index in [2.05, 4.69) is 11.8 Å². The Morgan fingerprint density at radius 1 is 1.31 bits per heavy atom. The minimum absolute atomic E-state index is 0.0861. The molecule has 0 bridgehead atoms. The molecule has 0 heterocycles. The van der Waals surface area contributed by atoms with Gasteiger partial charge in [-0.05, 0) is 23.8 Å². The van der Waals surface area contributed by atoms with E-state index in [0.29, 0.717) is 13.0 Å². The second-order valence-electron chi connectivity index (χ2n) is 3.23. The first kappa shape index (κ1) is 12.6. The molecule has 0 aliphatic carbocycles. The largest absolute Gasteiger partial charge is 0.497 e. The average molecular weight is 220 g/mol. The number of hydrogen-bond acceptors (Lipinski definition) is 3. The number of rotatable bonds is 4. The molecule has 86 valence electrons. The summed E-state index contributed by atoms with van der Waals surface area (Å²) in [5, 5.41) is 8.65. The second kappa shape index (κ2) is 6.89. The highest BCUT2D eigenvalue weighted by Gasteiger charge is 2.01. The summed E-state index contributed by atoms with van der Waals surface area (Å²) < 4.78 is 10.2. The van der Waals surface area contributed by atoms with Crippen LogP contribution in [0.3, 0.4) is 0 Å². The third kappa shape index (κ3) is 3.58. The van der Waals surface area contributed by atoms with Crippen molar-refractivity contribution in [3.8, 4) is 17.6 Å². The van der Waals surface area contributed by atoms with Gasteiger partial charge in [-0.3, -0.25) is 0 Å². The molecule has 0 unspecified atom stereocenters. The van der Waals surface area contributed by atoms with Crippen LogP contribution in [0.25, 0.3) is 0 Å². The van der Waals surface area contributed by atoms with Crippen molar-refractivity contribution in [2.75, 3.05) is 20.8 Å². The molecular formula is C13H16O3. The van der Waals surface area contributed by atoms with Crippen LogP contribution in [0.4, 0.5) is 0 Å². The van der Waals surface area contributed by atoms with Crippen molar-refractivity contribution in [2.45, 2.75) is 13.0 Å². The molecule has 0 radical (unpaired) electrons. The summed E-state index contributed by atoms with van der Waals surface area (Å²) in [7, 11) is 3.27. The number of aliphatic hydroxyl groups excluding tert-OH is 1. The lowest BCUT2D eigenvalue weighted by molar-refractivity contribution is 0.184. The van der Waals surface area contributed by atoms with Gasteiger partial charge < -0.3 is 14.6 Å². The van der Waals surface area contributed by atoms with Crippen LogP contribution in [0, 0.1) is 11.8 Å². The van der Waals surface area contributed by atoms with Crippen LogP contribution in [-0.2, 0) is 11.3 Å². The van der Waals surface area contributed by atoms with Crippen molar-refractivity contribution in [3.63, 3.8) is 0 Å². The number of methoxy groups -OCH3 is 2. The topological polar surface area (TPSA) is 38.7 Å². The van der Waals surface area contributed by atoms with Crippen molar-refractivity contribution < 1.29 is 14.6 Å². The Hall–Kier alpha value is -1.50. The highest BCUT2D eigenvalue weighted by Crippen LogP contribution is 2.17. The molecule has 0 spiro atoms. The van der Waals surface area contributed by atoms with Gasteiger partial charge in [0, 0.05) is 19.1 Å². The minimum Gasteiger partial charge on any atom is -0.497 e. The summed E-state index contributed by atoms with van der Waals surface area (Å²) in [4.78, 5) is 0. The second-order valence-corrected chi connectivity index (χ2v) is 3.23. The van der Waals surface area contributed by atoms with E-state index < -0.39 is 0 Å². The lowest BCUT2D eigenvalue weighted by Gasteiger charge is -2.06. The number of benzene rings is 1. The Balaban J connectivity index is 2.94. The van der Waals surface area contributed by atoms with E-state index in [1.807, 2.05) is 18.2 Å². The van der Waals surface area contributed by atoms with E-state index in [1.165, 1.54) is 0 Å². The molecular weight excluding hydrogens is 204 g/mol. The molecule has 1 aromatic rings. The standard InChI is InChI=1S/C13H16O3/c1-15-10-12-9-13(16-2)7-6-11(12)5-3-4-8-14/h6-7,9,14H,4,8,10H2,1-2H3. The molecule has 0 saturated carbocycles. The van der Waals surface area contributed by atoms with Gasteiger partial charge in [0.15, 0.2) is 0 Å². The summed E-state index contributed by atoms with van der Waals surface area (Å²) in [5.74, 6) is 6.69. The van der Waals surface area contributed by atoms with Crippen molar-refractivity contribution in [1.82, 2.24) is 0 Å². The smallest absolute Gasteiger partial charge is 0.119 e. The molecule has 1 N–H and O–H groups in total. The van der Waals surface area contributed by atoms with E-state index in [9.17, 15) is 0 Å². The quantitative estimate of drug-likeness (QED) is 0.783. The van der Waals surface area contributed by atoms with Gasteiger partial charge in [-0.25, -0.2) is 0 Å². The van der Waals surface area contributed by atoms with Gasteiger partial charge in [0.1, 0.15) is 5.75 Å². The molecule has 0 fully saturated rings. The average Bonchev–Trinajstić information content (AvgIpc) is 2.31. The first-order valence-electron chi connectivity index (χ1n) is 5.07. The highest BCUT2D eigenvalue weighted by molar-refractivity contribution is 5.45. The van der Waals surface area contributed by atoms with E-state index in [1.54, 1.807) is 14.2 Å². The van der Waals surface area contributed by atoms with E-state index in [0.717, 1.165) is 16.9 Å². The summed E-state index contributed by atoms with van der Waals surface area (Å²) in [6, 6.07) is 5.67. The Kier molecular flexibility index (Phi) is 5.41. The Morgan fingerprint density at radius 2 is 2.12 bits per heavy atom. The molecule has 3 heteroatoms. The third-order valence-electron chi connectivity index (χ3n) is 2.07. The predicted molar refractivity (Wildman–Crippen MR) is 62.3 cm³/mol. The van der Waals surface area contributed by atoms with Crippen LogP contribution in [0.2, 0.25) is 0 Å². The van der Waals surface area contributed by atoms with Crippen LogP contribution < -0.4 is 4.74 Å². The van der Waals surface area contributed by atoms with Gasteiger partial charge in [-0.1, -0.05) is 11.8 Å². The summed E-state index contributed by atoms with van der Waals surface area (Å²) in [6.07, 6.45) is 0.485. The maximum absolute atomic E-state index is 8.65. The van der Waals surface area contributed by atoms with E-state index >= 15 is 0 Å². The zero-order valence-electron chi connectivity index (χ0n) is 9.62. The van der Waals surface area contributed by atoms with E-state index in [-0.39, 0.29) is 6.61 Å². The Bertz CT molecular complexity index is 388. The van der Waals surface area contributed by atoms with Gasteiger partial charge >= 0.3 is 0 Å². The number of ether oxygens (including phenoxy) is 2. The fourth-order valence-corrected chi connectivity index (χ4v) is 1.31. The molecule has 0 amide bonds. The molecule has 0 aliphatic rings. The number of hydrogen-bond donors (Lipinski definition) is 1. The van der Waals surface area contributed by atoms with Crippen molar-refractivity contribution in [1.29, 1.82) is 0 Å². The molecule has 0 atom stereocenters. The summed E-state index contributed by atoms with van der Waals surface area (Å²) >= 11 is 0. The molecule has 0 saturated heterocycles. The molecule has 0 aliphatic heterocycles. The maximum atomic E-state index is 8.65. The SMILES string of the molecule is COCc1cc(OC)ccc1C#CCCO. The lowest BCUT2D eigenvalue weighted by Crippen LogP contribution is -1.94. The first-order valence-corrected chi connectivity index (χ1v) is 5.07. The van der Waals surface area contributed by atoms with Gasteiger partial charge in [0.05, 0.1) is 20.3 Å². The van der Waals surface area contributed by atoms with Crippen LogP contribution in [0.15, 0.2) is 18.2 Å². The fraction of sp³-hybridized carbons (Fsp3) is 0.385. The van der Waals surface area contributed by atoms with Crippen molar-refractivity contribution in [3.05, 3.63) is 29.3 Å². The lowest BCUT2D eigenvalue weighted by atomic mass is 10.1. The van der Waals surface area contributed by atoms with Crippen LogP contribution in [0.5, 0.6) is 5.75 Å². The van der Waals surface area contributed by atoms with Gasteiger partial charge in [-0.2, -0.15) is 0 Å². The highest BCUT2D eigenvalue weighted by atomic mass is 16.5. The fourth-order valence-electron chi connectivity index (χ4n) is 1.31. The van der Waals surface area contributed by atoms with Crippen LogP contribution >= 0.6 is 0 Å². The maximum Gasteiger partial charge on any atom is 0.119 e. The van der Waals surface area contributed by atoms with Crippen LogP contribution in [0.1, 0.15) is 17.5 Å². The molecule has 0 aromatic heterocycles. The Labute approximate surface area is 96.0 Å². The monoisotopic (exact) mass is 220 g/mol. The summed E-state index contributed by atoms with van der Waals surface area (Å²) in [6.45, 7) is 0.586. The molecule has 16 heavy (non-hydrogen) atoms. The predicted octanol–water partition coefficient (Wildman–Crippen LogP) is 1.58. The molecule has 3 nitrogen and oxygen atoms in total. The van der Waals surface area contributed by atoms with Gasteiger partial charge in [-0.15, -0.1) is 0 Å². The van der Waals surface area contributed by atoms with Crippen molar-refractivity contribution >= 4 is 0 Å². The van der Waals surface area contributed by atoms with Gasteiger partial charge in [0.25, 0.3) is 0 Å². The van der Waals surface area contributed by atoms with Gasteiger partial charge in [0.2, 0.25) is 0 Å². The normalized spacial score (nSPS) is 9.44. The molecule has 1 rings (SSSR count). The zero-order chi connectivity index (χ0) is 11.8. The third-order valence-corrected chi connectivity index (χ3v) is 2.07. The van der Waals surface area contributed by atoms with E-state index in [4.69, 9.17) is 14.6 Å². The zero-order valence-corrected chi connectivity index (χ0v) is 9.62. The number of aliphatic hydroxyl groups is 1. The Morgan fingerprint density at radius 3 is 2.75 bits per heavy atom. The summed E-state index contributed by atoms with van der Waals surface area (Å²) in [5.41, 5.74) is 1.91. The first-order chi connectivity index (χ1) is 7.81. The minimum atomic E-state index is 0.0861. The van der Waals surface area contributed by atoms with Crippen molar-refractivity contribution in [2.24, 2.45) is 0 Å².